The van der Waals surface area contributed by atoms with Crippen LogP contribution in [0.1, 0.15) is 271 Å². The average molecular weight is 1030 g/mol. The lowest BCUT2D eigenvalue weighted by atomic mass is 10.1. The van der Waals surface area contributed by atoms with Gasteiger partial charge in [-0.15, -0.1) is 0 Å². The van der Waals surface area contributed by atoms with Gasteiger partial charge in [0, 0.05) is 19.3 Å². The molecule has 6 nitrogen and oxygen atoms in total. The number of allylic oxidation sites excluding steroid dienone is 20. The van der Waals surface area contributed by atoms with E-state index in [4.69, 9.17) is 14.2 Å². The van der Waals surface area contributed by atoms with Crippen LogP contribution in [0.3, 0.4) is 0 Å². The topological polar surface area (TPSA) is 78.9 Å². The number of unbranched alkanes of at least 4 members (excludes halogenated alkanes) is 23. The van der Waals surface area contributed by atoms with Crippen molar-refractivity contribution in [3.63, 3.8) is 0 Å². The number of carbonyl (C=O) groups is 3. The van der Waals surface area contributed by atoms with Crippen LogP contribution >= 0.6 is 0 Å². The molecule has 0 bridgehead atoms. The third-order valence-corrected chi connectivity index (χ3v) is 12.7. The maximum atomic E-state index is 12.9. The van der Waals surface area contributed by atoms with Gasteiger partial charge in [0.1, 0.15) is 13.2 Å². The minimum absolute atomic E-state index is 0.0909. The number of hydrogen-bond acceptors (Lipinski definition) is 6. The van der Waals surface area contributed by atoms with Crippen LogP contribution in [-0.2, 0) is 28.6 Å². The summed E-state index contributed by atoms with van der Waals surface area (Å²) in [6, 6.07) is 0. The van der Waals surface area contributed by atoms with Crippen molar-refractivity contribution in [2.24, 2.45) is 0 Å². The summed E-state index contributed by atoms with van der Waals surface area (Å²) in [4.78, 5) is 38.2. The van der Waals surface area contributed by atoms with Gasteiger partial charge in [0.15, 0.2) is 6.10 Å². The molecule has 0 radical (unpaired) electrons. The Morgan fingerprint density at radius 1 is 0.284 bits per heavy atom. The van der Waals surface area contributed by atoms with E-state index in [1.54, 1.807) is 0 Å². The Balaban J connectivity index is 4.34. The fraction of sp³-hybridized carbons (Fsp3) is 0.662. The Morgan fingerprint density at radius 2 is 0.527 bits per heavy atom. The van der Waals surface area contributed by atoms with Crippen LogP contribution in [0.15, 0.2) is 122 Å². The third-order valence-electron chi connectivity index (χ3n) is 12.7. The van der Waals surface area contributed by atoms with Gasteiger partial charge in [0.25, 0.3) is 0 Å². The first-order chi connectivity index (χ1) is 36.5. The van der Waals surface area contributed by atoms with Crippen molar-refractivity contribution in [3.8, 4) is 0 Å². The molecule has 0 aliphatic carbocycles. The lowest BCUT2D eigenvalue weighted by molar-refractivity contribution is -0.167. The number of rotatable bonds is 54. The van der Waals surface area contributed by atoms with Gasteiger partial charge in [0.05, 0.1) is 0 Å². The normalized spacial score (nSPS) is 13.0. The molecule has 0 saturated heterocycles. The molecule has 0 aromatic carbocycles. The standard InChI is InChI=1S/C68H112O6/c1-4-7-10-13-16-19-22-25-27-29-30-31-32-33-34-35-36-37-38-40-41-43-46-49-52-55-58-61-67(70)73-64-65(63-72-66(69)60-57-54-51-48-45-24-21-18-15-12-9-6-3)74-68(71)62-59-56-53-50-47-44-42-39-28-26-23-20-17-14-11-8-5-2/h7-8,10-11,16-21,25-28,30-31,33-34,36-37,65H,4-6,9,12-15,22-24,29,32,35,38-64H2,1-3H3/b10-7-,11-8-,19-16-,20-17-,21-18-,27-25-,28-26-,31-30-,34-33-,37-36-. The van der Waals surface area contributed by atoms with Crippen LogP contribution in [0, 0.1) is 0 Å². The quantitative estimate of drug-likeness (QED) is 0.0261. The number of ether oxygens (including phenoxy) is 3. The van der Waals surface area contributed by atoms with E-state index in [0.29, 0.717) is 19.3 Å². The molecular weight excluding hydrogens is 913 g/mol. The highest BCUT2D eigenvalue weighted by molar-refractivity contribution is 5.71. The van der Waals surface area contributed by atoms with Crippen LogP contribution in [0.2, 0.25) is 0 Å². The first-order valence-corrected chi connectivity index (χ1v) is 30.5. The number of hydrogen-bond donors (Lipinski definition) is 0. The van der Waals surface area contributed by atoms with Gasteiger partial charge in [-0.25, -0.2) is 0 Å². The molecule has 420 valence electrons. The molecule has 0 aliphatic rings. The van der Waals surface area contributed by atoms with E-state index in [-0.39, 0.29) is 31.1 Å². The molecule has 0 fully saturated rings. The molecule has 0 aromatic rings. The first-order valence-electron chi connectivity index (χ1n) is 30.5. The zero-order valence-corrected chi connectivity index (χ0v) is 48.1. The summed E-state index contributed by atoms with van der Waals surface area (Å²) in [6.07, 6.45) is 84.8. The predicted molar refractivity (Wildman–Crippen MR) is 320 cm³/mol. The number of carbonyl (C=O) groups excluding carboxylic acids is 3. The minimum Gasteiger partial charge on any atom is -0.462 e. The second-order valence-corrected chi connectivity index (χ2v) is 19.8. The Labute approximate surface area is 456 Å². The largest absolute Gasteiger partial charge is 0.462 e. The zero-order valence-electron chi connectivity index (χ0n) is 48.1. The second kappa shape index (κ2) is 61.4. The Bertz CT molecular complexity index is 1550. The van der Waals surface area contributed by atoms with E-state index in [9.17, 15) is 14.4 Å². The SMILES string of the molecule is CC/C=C\C/C=C\C/C=C\C/C=C\C/C=C\C/C=C\CCCCCCCCCCC(=O)OCC(COC(=O)CCCCCCC/C=C\CCCCC)OC(=O)CCCCCCCCC/C=C\C/C=C\C/C=C\CC. The van der Waals surface area contributed by atoms with Crippen molar-refractivity contribution in [2.45, 2.75) is 277 Å². The summed E-state index contributed by atoms with van der Waals surface area (Å²) < 4.78 is 16.9. The molecular formula is C68H112O6. The van der Waals surface area contributed by atoms with Gasteiger partial charge in [-0.2, -0.15) is 0 Å². The maximum absolute atomic E-state index is 12.9. The second-order valence-electron chi connectivity index (χ2n) is 19.8. The van der Waals surface area contributed by atoms with Crippen LogP contribution in [0.25, 0.3) is 0 Å². The van der Waals surface area contributed by atoms with Gasteiger partial charge in [-0.05, 0) is 128 Å². The Morgan fingerprint density at radius 3 is 0.838 bits per heavy atom. The molecule has 6 heteroatoms. The highest BCUT2D eigenvalue weighted by atomic mass is 16.6. The summed E-state index contributed by atoms with van der Waals surface area (Å²) in [5.74, 6) is -0.917. The van der Waals surface area contributed by atoms with Gasteiger partial charge in [-0.3, -0.25) is 14.4 Å². The van der Waals surface area contributed by atoms with E-state index < -0.39 is 6.10 Å². The molecule has 1 unspecified atom stereocenters. The molecule has 0 saturated carbocycles. The van der Waals surface area contributed by atoms with Crippen molar-refractivity contribution in [1.29, 1.82) is 0 Å². The van der Waals surface area contributed by atoms with Crippen molar-refractivity contribution in [3.05, 3.63) is 122 Å². The van der Waals surface area contributed by atoms with Gasteiger partial charge >= 0.3 is 17.9 Å². The monoisotopic (exact) mass is 1020 g/mol. The molecule has 0 N–H and O–H groups in total. The Kier molecular flexibility index (Phi) is 57.9. The van der Waals surface area contributed by atoms with Gasteiger partial charge in [0.2, 0.25) is 0 Å². The Hall–Kier alpha value is -4.19. The molecule has 74 heavy (non-hydrogen) atoms. The summed E-state index contributed by atoms with van der Waals surface area (Å²) >= 11 is 0. The number of esters is 3. The van der Waals surface area contributed by atoms with E-state index in [2.05, 4.69) is 142 Å². The van der Waals surface area contributed by atoms with Gasteiger partial charge in [-0.1, -0.05) is 245 Å². The average Bonchev–Trinajstić information content (AvgIpc) is 3.40. The van der Waals surface area contributed by atoms with Crippen molar-refractivity contribution in [1.82, 2.24) is 0 Å². The molecule has 0 heterocycles. The predicted octanol–water partition coefficient (Wildman–Crippen LogP) is 20.8. The summed E-state index contributed by atoms with van der Waals surface area (Å²) in [6.45, 7) is 6.37. The molecule has 0 rings (SSSR count). The fourth-order valence-corrected chi connectivity index (χ4v) is 8.16. The van der Waals surface area contributed by atoms with Crippen molar-refractivity contribution in [2.75, 3.05) is 13.2 Å². The fourth-order valence-electron chi connectivity index (χ4n) is 8.16. The summed E-state index contributed by atoms with van der Waals surface area (Å²) in [5.41, 5.74) is 0. The van der Waals surface area contributed by atoms with Crippen LogP contribution in [0.5, 0.6) is 0 Å². The van der Waals surface area contributed by atoms with Gasteiger partial charge < -0.3 is 14.2 Å². The molecule has 1 atom stereocenters. The third kappa shape index (κ3) is 58.7. The first kappa shape index (κ1) is 69.8. The highest BCUT2D eigenvalue weighted by Gasteiger charge is 2.19. The van der Waals surface area contributed by atoms with E-state index >= 15 is 0 Å². The smallest absolute Gasteiger partial charge is 0.306 e. The van der Waals surface area contributed by atoms with E-state index in [1.807, 2.05) is 0 Å². The summed E-state index contributed by atoms with van der Waals surface area (Å²) in [5, 5.41) is 0. The van der Waals surface area contributed by atoms with Crippen molar-refractivity contribution >= 4 is 17.9 Å². The van der Waals surface area contributed by atoms with E-state index in [1.165, 1.54) is 96.3 Å². The molecule has 0 aliphatic heterocycles. The van der Waals surface area contributed by atoms with E-state index in [0.717, 1.165) is 135 Å². The lowest BCUT2D eigenvalue weighted by Gasteiger charge is -2.18. The van der Waals surface area contributed by atoms with Crippen LogP contribution < -0.4 is 0 Å². The molecule has 0 amide bonds. The zero-order chi connectivity index (χ0) is 53.6. The van der Waals surface area contributed by atoms with Crippen LogP contribution in [0.4, 0.5) is 0 Å². The highest BCUT2D eigenvalue weighted by Crippen LogP contribution is 2.15. The van der Waals surface area contributed by atoms with Crippen molar-refractivity contribution < 1.29 is 28.6 Å². The maximum Gasteiger partial charge on any atom is 0.306 e. The lowest BCUT2D eigenvalue weighted by Crippen LogP contribution is -2.30. The summed E-state index contributed by atoms with van der Waals surface area (Å²) in [7, 11) is 0. The minimum atomic E-state index is -0.794. The van der Waals surface area contributed by atoms with Crippen LogP contribution in [-0.4, -0.2) is 37.2 Å². The molecule has 0 spiro atoms. The molecule has 0 aromatic heterocycles.